The van der Waals surface area contributed by atoms with Crippen LogP contribution in [0.15, 0.2) is 18.3 Å². The summed E-state index contributed by atoms with van der Waals surface area (Å²) in [6, 6.07) is 4.32. The first-order valence-corrected chi connectivity index (χ1v) is 6.55. The molecule has 1 amide bonds. The van der Waals surface area contributed by atoms with Crippen molar-refractivity contribution >= 4 is 30.7 Å². The number of halogens is 2. The highest BCUT2D eigenvalue weighted by molar-refractivity contribution is 5.85. The lowest BCUT2D eigenvalue weighted by Gasteiger charge is -2.31. The van der Waals surface area contributed by atoms with Gasteiger partial charge < -0.3 is 10.2 Å². The molecule has 114 valence electrons. The Hall–Kier alpha value is -0.840. The van der Waals surface area contributed by atoms with Gasteiger partial charge in [0, 0.05) is 25.0 Å². The number of nitrogens with one attached hydrogen (secondary N) is 1. The van der Waals surface area contributed by atoms with E-state index in [1.807, 2.05) is 31.0 Å². The van der Waals surface area contributed by atoms with Crippen molar-refractivity contribution in [2.24, 2.45) is 0 Å². The molecule has 1 aliphatic heterocycles. The molecule has 2 heterocycles. The van der Waals surface area contributed by atoms with Crippen LogP contribution in [0.5, 0.6) is 0 Å². The van der Waals surface area contributed by atoms with Crippen molar-refractivity contribution in [2.45, 2.75) is 32.2 Å². The molecule has 1 aromatic rings. The molecule has 2 rings (SSSR count). The van der Waals surface area contributed by atoms with Crippen molar-refractivity contribution < 1.29 is 4.79 Å². The van der Waals surface area contributed by atoms with Gasteiger partial charge in [-0.05, 0) is 44.5 Å². The van der Waals surface area contributed by atoms with E-state index in [1.165, 1.54) is 0 Å². The Morgan fingerprint density at radius 2 is 2.00 bits per heavy atom. The third-order valence-corrected chi connectivity index (χ3v) is 3.58. The lowest BCUT2D eigenvalue weighted by atomic mass is 10.0. The zero-order valence-electron chi connectivity index (χ0n) is 12.0. The molecule has 20 heavy (non-hydrogen) atoms. The molecule has 1 fully saturated rings. The van der Waals surface area contributed by atoms with Crippen molar-refractivity contribution in [3.63, 3.8) is 0 Å². The molecule has 0 aliphatic carbocycles. The molecule has 0 spiro atoms. The standard InChI is InChI=1S/C14H21N3O.2ClH/c1-11-3-4-12(10-16-11)9-14(18)17(2)13-5-7-15-8-6-13;;/h3-4,10,13,15H,5-9H2,1-2H3;2*1H. The summed E-state index contributed by atoms with van der Waals surface area (Å²) in [6.45, 7) is 3.97. The zero-order valence-corrected chi connectivity index (χ0v) is 13.6. The van der Waals surface area contributed by atoms with Gasteiger partial charge in [0.05, 0.1) is 6.42 Å². The van der Waals surface area contributed by atoms with Gasteiger partial charge in [-0.15, -0.1) is 24.8 Å². The summed E-state index contributed by atoms with van der Waals surface area (Å²) in [7, 11) is 1.92. The Kier molecular flexibility index (Phi) is 8.78. The Bertz CT molecular complexity index is 405. The van der Waals surface area contributed by atoms with Crippen molar-refractivity contribution in [3.05, 3.63) is 29.6 Å². The van der Waals surface area contributed by atoms with Crippen molar-refractivity contribution in [3.8, 4) is 0 Å². The second-order valence-electron chi connectivity index (χ2n) is 4.97. The number of hydrogen-bond acceptors (Lipinski definition) is 3. The topological polar surface area (TPSA) is 45.2 Å². The quantitative estimate of drug-likeness (QED) is 0.926. The molecule has 0 unspecified atom stereocenters. The monoisotopic (exact) mass is 319 g/mol. The van der Waals surface area contributed by atoms with Crippen LogP contribution in [-0.2, 0) is 11.2 Å². The Morgan fingerprint density at radius 1 is 1.35 bits per heavy atom. The summed E-state index contributed by atoms with van der Waals surface area (Å²) in [5.74, 6) is 0.188. The van der Waals surface area contributed by atoms with Crippen molar-refractivity contribution in [1.82, 2.24) is 15.2 Å². The molecular weight excluding hydrogens is 297 g/mol. The Morgan fingerprint density at radius 3 is 2.55 bits per heavy atom. The van der Waals surface area contributed by atoms with Gasteiger partial charge in [-0.3, -0.25) is 9.78 Å². The van der Waals surface area contributed by atoms with Crippen molar-refractivity contribution in [2.75, 3.05) is 20.1 Å². The van der Waals surface area contributed by atoms with Crippen LogP contribution in [-0.4, -0.2) is 42.0 Å². The number of aryl methyl sites for hydroxylation is 1. The largest absolute Gasteiger partial charge is 0.342 e. The summed E-state index contributed by atoms with van der Waals surface area (Å²) >= 11 is 0. The van der Waals surface area contributed by atoms with Gasteiger partial charge in [0.1, 0.15) is 0 Å². The molecule has 1 N–H and O–H groups in total. The summed E-state index contributed by atoms with van der Waals surface area (Å²) in [6.07, 6.45) is 4.35. The molecule has 1 aromatic heterocycles. The van der Waals surface area contributed by atoms with Crippen LogP contribution in [0, 0.1) is 6.92 Å². The lowest BCUT2D eigenvalue weighted by molar-refractivity contribution is -0.131. The van der Waals surface area contributed by atoms with Gasteiger partial charge in [0.2, 0.25) is 5.91 Å². The highest BCUT2D eigenvalue weighted by atomic mass is 35.5. The molecule has 0 atom stereocenters. The van der Waals surface area contributed by atoms with E-state index in [9.17, 15) is 4.79 Å². The van der Waals surface area contributed by atoms with Gasteiger partial charge in [-0.2, -0.15) is 0 Å². The van der Waals surface area contributed by atoms with E-state index >= 15 is 0 Å². The number of piperidine rings is 1. The van der Waals surface area contributed by atoms with Crippen molar-refractivity contribution in [1.29, 1.82) is 0 Å². The Labute approximate surface area is 133 Å². The van der Waals surface area contributed by atoms with Gasteiger partial charge in [0.15, 0.2) is 0 Å². The maximum absolute atomic E-state index is 12.2. The maximum Gasteiger partial charge on any atom is 0.227 e. The fourth-order valence-corrected chi connectivity index (χ4v) is 2.30. The number of carbonyl (C=O) groups is 1. The summed E-state index contributed by atoms with van der Waals surface area (Å²) in [5, 5.41) is 3.32. The van der Waals surface area contributed by atoms with Crippen LogP contribution in [0.4, 0.5) is 0 Å². The summed E-state index contributed by atoms with van der Waals surface area (Å²) in [4.78, 5) is 18.3. The van der Waals surface area contributed by atoms with E-state index in [-0.39, 0.29) is 30.7 Å². The molecule has 4 nitrogen and oxygen atoms in total. The molecular formula is C14H23Cl2N3O. The van der Waals surface area contributed by atoms with E-state index in [0.29, 0.717) is 12.5 Å². The summed E-state index contributed by atoms with van der Waals surface area (Å²) in [5.41, 5.74) is 1.98. The second-order valence-corrected chi connectivity index (χ2v) is 4.97. The fourth-order valence-electron chi connectivity index (χ4n) is 2.30. The number of aromatic nitrogens is 1. The van der Waals surface area contributed by atoms with Crippen LogP contribution in [0.1, 0.15) is 24.1 Å². The predicted octanol–water partition coefficient (Wildman–Crippen LogP) is 1.99. The first kappa shape index (κ1) is 19.2. The highest BCUT2D eigenvalue weighted by Gasteiger charge is 2.21. The lowest BCUT2D eigenvalue weighted by Crippen LogP contribution is -2.44. The van der Waals surface area contributed by atoms with Crippen LogP contribution < -0.4 is 5.32 Å². The first-order chi connectivity index (χ1) is 8.66. The van der Waals surface area contributed by atoms with E-state index in [4.69, 9.17) is 0 Å². The molecule has 0 radical (unpaired) electrons. The normalized spacial score (nSPS) is 14.9. The van der Waals surface area contributed by atoms with Crippen LogP contribution in [0.25, 0.3) is 0 Å². The highest BCUT2D eigenvalue weighted by Crippen LogP contribution is 2.12. The van der Waals surface area contributed by atoms with E-state index in [1.54, 1.807) is 6.20 Å². The molecule has 6 heteroatoms. The van der Waals surface area contributed by atoms with E-state index in [0.717, 1.165) is 37.2 Å². The minimum atomic E-state index is 0. The fraction of sp³-hybridized carbons (Fsp3) is 0.571. The van der Waals surface area contributed by atoms with Crippen LogP contribution in [0.2, 0.25) is 0 Å². The van der Waals surface area contributed by atoms with Gasteiger partial charge >= 0.3 is 0 Å². The van der Waals surface area contributed by atoms with Gasteiger partial charge in [0.25, 0.3) is 0 Å². The zero-order chi connectivity index (χ0) is 13.0. The first-order valence-electron chi connectivity index (χ1n) is 6.55. The number of hydrogen-bond donors (Lipinski definition) is 1. The molecule has 1 saturated heterocycles. The molecule has 0 saturated carbocycles. The molecule has 1 aliphatic rings. The van der Waals surface area contributed by atoms with Gasteiger partial charge in [-0.25, -0.2) is 0 Å². The van der Waals surface area contributed by atoms with Gasteiger partial charge in [-0.1, -0.05) is 6.07 Å². The maximum atomic E-state index is 12.2. The number of nitrogens with zero attached hydrogens (tertiary/aromatic N) is 2. The molecule has 0 bridgehead atoms. The minimum absolute atomic E-state index is 0. The number of carbonyl (C=O) groups excluding carboxylic acids is 1. The molecule has 0 aromatic carbocycles. The predicted molar refractivity (Wildman–Crippen MR) is 85.8 cm³/mol. The number of amides is 1. The number of likely N-dealkylation sites (N-methyl/N-ethyl adjacent to an activating group) is 1. The van der Waals surface area contributed by atoms with E-state index in [2.05, 4.69) is 10.3 Å². The third-order valence-electron chi connectivity index (χ3n) is 3.58. The van der Waals surface area contributed by atoms with Crippen LogP contribution >= 0.6 is 24.8 Å². The smallest absolute Gasteiger partial charge is 0.227 e. The average Bonchev–Trinajstić information content (AvgIpc) is 2.41. The van der Waals surface area contributed by atoms with E-state index < -0.39 is 0 Å². The minimum Gasteiger partial charge on any atom is -0.342 e. The number of pyridine rings is 1. The number of rotatable bonds is 3. The van der Waals surface area contributed by atoms with Crippen LogP contribution in [0.3, 0.4) is 0 Å². The Balaban J connectivity index is 0.00000180. The third kappa shape index (κ3) is 5.27. The summed E-state index contributed by atoms with van der Waals surface area (Å²) < 4.78 is 0. The average molecular weight is 320 g/mol. The SMILES string of the molecule is Cc1ccc(CC(=O)N(C)C2CCNCC2)cn1.Cl.Cl. The second kappa shape index (κ2) is 9.16.